The number of carbonyl (C=O) groups is 5. The van der Waals surface area contributed by atoms with Crippen molar-refractivity contribution in [3.8, 4) is 5.75 Å². The first-order valence-electron chi connectivity index (χ1n) is 19.0. The lowest BCUT2D eigenvalue weighted by molar-refractivity contribution is -0.151. The summed E-state index contributed by atoms with van der Waals surface area (Å²) < 4.78 is 0. The molecule has 2 aliphatic carbocycles. The Kier molecular flexibility index (Phi) is 15.5. The zero-order valence-electron chi connectivity index (χ0n) is 30.3. The highest BCUT2D eigenvalue weighted by molar-refractivity contribution is 5.96. The van der Waals surface area contributed by atoms with E-state index in [1.54, 1.807) is 12.1 Å². The fourth-order valence-corrected chi connectivity index (χ4v) is 7.62. The van der Waals surface area contributed by atoms with Crippen LogP contribution in [-0.4, -0.2) is 89.3 Å². The minimum atomic E-state index is -1.11. The molecule has 1 heterocycles. The van der Waals surface area contributed by atoms with Crippen molar-refractivity contribution in [1.29, 1.82) is 0 Å². The predicted octanol–water partition coefficient (Wildman–Crippen LogP) is 0.655. The van der Waals surface area contributed by atoms with E-state index >= 15 is 0 Å². The van der Waals surface area contributed by atoms with E-state index in [9.17, 15) is 29.1 Å². The number of hydrogen-bond acceptors (Lipinski definition) is 8. The van der Waals surface area contributed by atoms with Crippen LogP contribution in [0.15, 0.2) is 29.3 Å². The first-order chi connectivity index (χ1) is 24.9. The average Bonchev–Trinajstić information content (AvgIpc) is 3.11. The van der Waals surface area contributed by atoms with E-state index in [1.165, 1.54) is 23.5 Å². The first kappa shape index (κ1) is 40.4. The number of guanidine groups is 1. The Hall–Kier alpha value is -4.40. The van der Waals surface area contributed by atoms with Gasteiger partial charge in [0.15, 0.2) is 5.96 Å². The Balaban J connectivity index is 1.44. The molecule has 52 heavy (non-hydrogen) atoms. The molecule has 4 atom stereocenters. The molecule has 0 aromatic heterocycles. The number of unbranched alkanes of at least 4 members (excludes halogenated alkanes) is 1. The molecule has 0 unspecified atom stereocenters. The van der Waals surface area contributed by atoms with Crippen LogP contribution < -0.4 is 38.9 Å². The zero-order valence-corrected chi connectivity index (χ0v) is 30.3. The predicted molar refractivity (Wildman–Crippen MR) is 197 cm³/mol. The van der Waals surface area contributed by atoms with Gasteiger partial charge in [-0.1, -0.05) is 44.2 Å². The Bertz CT molecular complexity index is 1390. The summed E-state index contributed by atoms with van der Waals surface area (Å²) >= 11 is 0. The quantitative estimate of drug-likeness (QED) is 0.0599. The van der Waals surface area contributed by atoms with E-state index in [0.717, 1.165) is 51.4 Å². The molecule has 0 bridgehead atoms. The number of phenols is 1. The molecular weight excluding hydrogens is 666 g/mol. The molecule has 1 saturated heterocycles. The summed E-state index contributed by atoms with van der Waals surface area (Å²) in [5, 5.41) is 18.4. The standard InChI is InChI=1S/C37H59N9O6/c38-22-25-9-13-26(14-10-25)33(49)45-30(21-23-6-2-1-3-7-23)36(52)46-19-17-31(46)35(51)44-29(20-24-11-15-27(47)16-12-24)34(50)43-28(32(39)48)8-4-5-18-42-37(40)41/h11-12,15-16,23,25-26,28-31,47H,1-10,13-14,17-22,38H2,(H2,39,48)(H,43,50)(H,44,51)(H,45,49)(H4,40,41,42)/t25?,26?,28-,29+,30+,31-/m0/s1. The van der Waals surface area contributed by atoms with Gasteiger partial charge in [0.1, 0.15) is 29.9 Å². The Labute approximate surface area is 306 Å². The van der Waals surface area contributed by atoms with Crippen molar-refractivity contribution in [2.45, 2.75) is 120 Å². The second-order valence-corrected chi connectivity index (χ2v) is 14.8. The fraction of sp³-hybridized carbons (Fsp3) is 0.676. The number of primary amides is 1. The van der Waals surface area contributed by atoms with Gasteiger partial charge in [0, 0.05) is 25.4 Å². The van der Waals surface area contributed by atoms with Crippen molar-refractivity contribution < 1.29 is 29.1 Å². The molecule has 3 fully saturated rings. The van der Waals surface area contributed by atoms with Crippen LogP contribution in [0.5, 0.6) is 5.75 Å². The zero-order chi connectivity index (χ0) is 37.6. The van der Waals surface area contributed by atoms with Crippen LogP contribution in [0, 0.1) is 17.8 Å². The lowest BCUT2D eigenvalue weighted by atomic mass is 9.81. The van der Waals surface area contributed by atoms with Crippen molar-refractivity contribution in [3.05, 3.63) is 29.8 Å². The molecule has 3 aliphatic rings. The SMILES string of the molecule is NCC1CCC(C(=O)N[C@H](CC2CCCCC2)C(=O)N2CC[C@H]2C(=O)N[C@H](Cc2ccc(O)cc2)C(=O)N[C@@H](CCCCN=C(N)N)C(N)=O)CC1. The van der Waals surface area contributed by atoms with Crippen LogP contribution >= 0.6 is 0 Å². The molecule has 288 valence electrons. The highest BCUT2D eigenvalue weighted by atomic mass is 16.3. The average molecular weight is 726 g/mol. The number of nitrogens with two attached hydrogens (primary N) is 4. The lowest BCUT2D eigenvalue weighted by Gasteiger charge is -2.43. The Morgan fingerprint density at radius 1 is 0.788 bits per heavy atom. The Morgan fingerprint density at radius 2 is 1.46 bits per heavy atom. The van der Waals surface area contributed by atoms with Crippen molar-refractivity contribution in [3.63, 3.8) is 0 Å². The van der Waals surface area contributed by atoms with Gasteiger partial charge in [-0.3, -0.25) is 29.0 Å². The van der Waals surface area contributed by atoms with Crippen LogP contribution in [0.4, 0.5) is 0 Å². The van der Waals surface area contributed by atoms with Gasteiger partial charge in [-0.05, 0) is 93.9 Å². The summed E-state index contributed by atoms with van der Waals surface area (Å²) in [6.07, 6.45) is 10.9. The number of benzene rings is 1. The van der Waals surface area contributed by atoms with Gasteiger partial charge in [0.05, 0.1) is 0 Å². The van der Waals surface area contributed by atoms with Crippen LogP contribution in [-0.2, 0) is 30.4 Å². The van der Waals surface area contributed by atoms with E-state index in [-0.39, 0.29) is 42.3 Å². The van der Waals surface area contributed by atoms with Gasteiger partial charge >= 0.3 is 0 Å². The smallest absolute Gasteiger partial charge is 0.245 e. The van der Waals surface area contributed by atoms with E-state index in [4.69, 9.17) is 22.9 Å². The van der Waals surface area contributed by atoms with Crippen molar-refractivity contribution in [2.75, 3.05) is 19.6 Å². The lowest BCUT2D eigenvalue weighted by Crippen LogP contribution is -2.64. The van der Waals surface area contributed by atoms with Crippen molar-refractivity contribution in [1.82, 2.24) is 20.9 Å². The number of likely N-dealkylation sites (tertiary alicyclic amines) is 1. The van der Waals surface area contributed by atoms with Gasteiger partial charge in [-0.15, -0.1) is 0 Å². The third-order valence-corrected chi connectivity index (χ3v) is 10.9. The number of rotatable bonds is 18. The molecule has 2 saturated carbocycles. The number of aromatic hydroxyl groups is 1. The number of nitrogens with one attached hydrogen (secondary N) is 3. The van der Waals surface area contributed by atoms with Gasteiger partial charge in [0.2, 0.25) is 29.5 Å². The second kappa shape index (κ2) is 20.0. The second-order valence-electron chi connectivity index (χ2n) is 14.8. The fourth-order valence-electron chi connectivity index (χ4n) is 7.62. The summed E-state index contributed by atoms with van der Waals surface area (Å²) in [5.41, 5.74) is 22.9. The van der Waals surface area contributed by atoms with Gasteiger partial charge < -0.3 is 48.9 Å². The minimum absolute atomic E-state index is 0.0374. The highest BCUT2D eigenvalue weighted by Gasteiger charge is 2.43. The number of nitrogens with zero attached hydrogens (tertiary/aromatic N) is 2. The van der Waals surface area contributed by atoms with Gasteiger partial charge in [-0.2, -0.15) is 0 Å². The van der Waals surface area contributed by atoms with Crippen molar-refractivity contribution in [2.24, 2.45) is 45.7 Å². The third-order valence-electron chi connectivity index (χ3n) is 10.9. The third kappa shape index (κ3) is 12.1. The van der Waals surface area contributed by atoms with E-state index in [1.807, 2.05) is 0 Å². The normalized spacial score (nSPS) is 22.2. The monoisotopic (exact) mass is 725 g/mol. The minimum Gasteiger partial charge on any atom is -0.508 e. The maximum Gasteiger partial charge on any atom is 0.245 e. The number of aliphatic imine (C=N–C) groups is 1. The largest absolute Gasteiger partial charge is 0.508 e. The number of carbonyl (C=O) groups excluding carboxylic acids is 5. The maximum atomic E-state index is 14.1. The van der Waals surface area contributed by atoms with Crippen LogP contribution in [0.25, 0.3) is 0 Å². The molecular formula is C37H59N9O6. The molecule has 15 heteroatoms. The van der Waals surface area contributed by atoms with Crippen LogP contribution in [0.2, 0.25) is 0 Å². The number of amides is 5. The molecule has 5 amide bonds. The van der Waals surface area contributed by atoms with E-state index in [0.29, 0.717) is 62.7 Å². The first-order valence-corrected chi connectivity index (χ1v) is 19.0. The molecule has 12 N–H and O–H groups in total. The van der Waals surface area contributed by atoms with E-state index < -0.39 is 41.9 Å². The number of phenolic OH excluding ortho intramolecular Hbond substituents is 1. The molecule has 15 nitrogen and oxygen atoms in total. The number of hydrogen-bond donors (Lipinski definition) is 8. The summed E-state index contributed by atoms with van der Waals surface area (Å²) in [4.78, 5) is 72.8. The molecule has 0 radical (unpaired) electrons. The molecule has 1 aromatic carbocycles. The van der Waals surface area contributed by atoms with Gasteiger partial charge in [-0.25, -0.2) is 0 Å². The summed E-state index contributed by atoms with van der Waals surface area (Å²) in [6.45, 7) is 1.33. The summed E-state index contributed by atoms with van der Waals surface area (Å²) in [5.74, 6) is -1.66. The molecule has 1 aromatic rings. The topological polar surface area (TPSA) is 261 Å². The Morgan fingerprint density at radius 3 is 2.06 bits per heavy atom. The molecule has 1 aliphatic heterocycles. The highest BCUT2D eigenvalue weighted by Crippen LogP contribution is 2.31. The van der Waals surface area contributed by atoms with Gasteiger partial charge in [0.25, 0.3) is 0 Å². The molecule has 0 spiro atoms. The van der Waals surface area contributed by atoms with Crippen LogP contribution in [0.1, 0.15) is 95.5 Å². The molecule has 4 rings (SSSR count). The van der Waals surface area contributed by atoms with E-state index in [2.05, 4.69) is 20.9 Å². The summed E-state index contributed by atoms with van der Waals surface area (Å²) in [6, 6.07) is 2.56. The summed E-state index contributed by atoms with van der Waals surface area (Å²) in [7, 11) is 0. The maximum absolute atomic E-state index is 14.1. The van der Waals surface area contributed by atoms with Crippen molar-refractivity contribution >= 4 is 35.5 Å². The van der Waals surface area contributed by atoms with Crippen LogP contribution in [0.3, 0.4) is 0 Å².